The van der Waals surface area contributed by atoms with Crippen LogP contribution in [0.3, 0.4) is 0 Å². The molecule has 0 aliphatic rings. The van der Waals surface area contributed by atoms with E-state index in [2.05, 4.69) is 10.6 Å². The van der Waals surface area contributed by atoms with E-state index in [1.165, 1.54) is 0 Å². The molecule has 8 nitrogen and oxygen atoms in total. The number of carbonyl (C=O) groups is 3. The zero-order chi connectivity index (χ0) is 22.5. The first-order valence-corrected chi connectivity index (χ1v) is 9.99. The molecule has 164 valence electrons. The molecule has 31 heavy (non-hydrogen) atoms. The Bertz CT molecular complexity index is 882. The maximum absolute atomic E-state index is 12.1. The summed E-state index contributed by atoms with van der Waals surface area (Å²) in [6.45, 7) is 1.98. The predicted molar refractivity (Wildman–Crippen MR) is 115 cm³/mol. The molecule has 0 aliphatic carbocycles. The number of hydrogen-bond acceptors (Lipinski definition) is 5. The quantitative estimate of drug-likeness (QED) is 0.179. The van der Waals surface area contributed by atoms with Gasteiger partial charge in [0.05, 0.1) is 0 Å². The number of carbonyl (C=O) groups excluding carboxylic acids is 2. The lowest BCUT2D eigenvalue weighted by molar-refractivity contribution is -0.159. The first-order chi connectivity index (χ1) is 15.0. The summed E-state index contributed by atoms with van der Waals surface area (Å²) in [5, 5.41) is 24.7. The summed E-state index contributed by atoms with van der Waals surface area (Å²) in [5.41, 5.74) is 2.75. The monoisotopic (exact) mass is 425 g/mol. The smallest absolute Gasteiger partial charge is 0.328 e. The topological polar surface area (TPSA) is 119 Å². The fourth-order valence-electron chi connectivity index (χ4n) is 2.73. The number of carboxylic acid groups (broad SMARTS) is 1. The number of benzene rings is 2. The number of carboxylic acids is 1. The van der Waals surface area contributed by atoms with Gasteiger partial charge in [0.1, 0.15) is 0 Å². The molecule has 0 unspecified atom stereocenters. The van der Waals surface area contributed by atoms with Gasteiger partial charge < -0.3 is 15.7 Å². The summed E-state index contributed by atoms with van der Waals surface area (Å²) in [6, 6.07) is 17.0. The summed E-state index contributed by atoms with van der Waals surface area (Å²) in [4.78, 5) is 33.8. The third-order valence-corrected chi connectivity index (χ3v) is 4.44. The molecule has 0 saturated heterocycles. The molecule has 0 aromatic heterocycles. The Kier molecular flexibility index (Phi) is 9.93. The molecule has 2 amide bonds. The van der Waals surface area contributed by atoms with Gasteiger partial charge in [0.15, 0.2) is 0 Å². The molecule has 0 spiro atoms. The number of amides is 2. The summed E-state index contributed by atoms with van der Waals surface area (Å²) in [6.07, 6.45) is 2.83. The number of unbranched alkanes of at least 4 members (excludes halogenated alkanes) is 1. The number of aliphatic carboxylic acids is 1. The van der Waals surface area contributed by atoms with Crippen molar-refractivity contribution in [1.82, 2.24) is 15.7 Å². The maximum atomic E-state index is 12.1. The van der Waals surface area contributed by atoms with Gasteiger partial charge in [-0.15, -0.1) is 0 Å². The second kappa shape index (κ2) is 12.9. The van der Waals surface area contributed by atoms with Gasteiger partial charge in [0, 0.05) is 37.3 Å². The average Bonchev–Trinajstić information content (AvgIpc) is 2.79. The second-order valence-corrected chi connectivity index (χ2v) is 6.88. The van der Waals surface area contributed by atoms with Crippen molar-refractivity contribution in [3.63, 3.8) is 0 Å². The van der Waals surface area contributed by atoms with Crippen molar-refractivity contribution in [3.8, 4) is 0 Å². The van der Waals surface area contributed by atoms with E-state index in [1.54, 1.807) is 12.1 Å². The van der Waals surface area contributed by atoms with Gasteiger partial charge in [-0.05, 0) is 42.6 Å². The maximum Gasteiger partial charge on any atom is 0.328 e. The van der Waals surface area contributed by atoms with Crippen molar-refractivity contribution < 1.29 is 24.7 Å². The Morgan fingerprint density at radius 1 is 0.871 bits per heavy atom. The lowest BCUT2D eigenvalue weighted by Gasteiger charge is -2.12. The van der Waals surface area contributed by atoms with Gasteiger partial charge in [-0.2, -0.15) is 0 Å². The highest BCUT2D eigenvalue weighted by Crippen LogP contribution is 2.05. The summed E-state index contributed by atoms with van der Waals surface area (Å²) >= 11 is 0. The largest absolute Gasteiger partial charge is 0.478 e. The molecule has 0 saturated carbocycles. The van der Waals surface area contributed by atoms with Crippen molar-refractivity contribution in [2.75, 3.05) is 13.1 Å². The summed E-state index contributed by atoms with van der Waals surface area (Å²) in [7, 11) is 0. The van der Waals surface area contributed by atoms with E-state index in [9.17, 15) is 19.6 Å². The van der Waals surface area contributed by atoms with Crippen molar-refractivity contribution >= 4 is 17.8 Å². The average molecular weight is 425 g/mol. The predicted octanol–water partition coefficient (Wildman–Crippen LogP) is 2.34. The fourth-order valence-corrected chi connectivity index (χ4v) is 2.73. The minimum atomic E-state index is -1.24. The standard InChI is InChI=1S/C23H27N3O5/c27-21(12-13-22(28)29)26(31)15-5-4-14-24-16-18-8-10-19(11-9-18)17-25-23(30)20-6-2-1-3-7-20/h1-3,6-13,24,31H,4-5,14-17H2,(H,25,30)(H,28,29)/b13-12+. The molecular formula is C23H27N3O5. The van der Waals surface area contributed by atoms with Crippen LogP contribution in [-0.4, -0.2) is 46.3 Å². The van der Waals surface area contributed by atoms with E-state index in [0.29, 0.717) is 42.8 Å². The highest BCUT2D eigenvalue weighted by Gasteiger charge is 2.07. The third-order valence-electron chi connectivity index (χ3n) is 4.44. The normalized spacial score (nSPS) is 10.7. The molecule has 2 aromatic carbocycles. The van der Waals surface area contributed by atoms with E-state index in [-0.39, 0.29) is 12.5 Å². The zero-order valence-electron chi connectivity index (χ0n) is 17.2. The van der Waals surface area contributed by atoms with Gasteiger partial charge in [-0.1, -0.05) is 42.5 Å². The van der Waals surface area contributed by atoms with Crippen molar-refractivity contribution in [2.24, 2.45) is 0 Å². The molecule has 0 atom stereocenters. The van der Waals surface area contributed by atoms with Crippen LogP contribution >= 0.6 is 0 Å². The molecule has 0 bridgehead atoms. The van der Waals surface area contributed by atoms with Crippen molar-refractivity contribution in [3.05, 3.63) is 83.4 Å². The van der Waals surface area contributed by atoms with Crippen LogP contribution < -0.4 is 10.6 Å². The van der Waals surface area contributed by atoms with Crippen LogP contribution in [0.2, 0.25) is 0 Å². The SMILES string of the molecule is O=C(O)/C=C/C(=O)N(O)CCCCNCc1ccc(CNC(=O)c2ccccc2)cc1. The van der Waals surface area contributed by atoms with Crippen LogP contribution in [0.25, 0.3) is 0 Å². The van der Waals surface area contributed by atoms with Crippen LogP contribution in [-0.2, 0) is 22.7 Å². The highest BCUT2D eigenvalue weighted by atomic mass is 16.5. The van der Waals surface area contributed by atoms with E-state index in [4.69, 9.17) is 5.11 Å². The van der Waals surface area contributed by atoms with Crippen LogP contribution in [0.4, 0.5) is 0 Å². The lowest BCUT2D eigenvalue weighted by atomic mass is 10.1. The molecule has 2 aromatic rings. The summed E-state index contributed by atoms with van der Waals surface area (Å²) in [5.74, 6) is -2.10. The Morgan fingerprint density at radius 2 is 1.52 bits per heavy atom. The molecule has 8 heteroatoms. The van der Waals surface area contributed by atoms with E-state index in [0.717, 1.165) is 23.6 Å². The minimum absolute atomic E-state index is 0.104. The van der Waals surface area contributed by atoms with Crippen LogP contribution in [0.5, 0.6) is 0 Å². The van der Waals surface area contributed by atoms with Gasteiger partial charge in [-0.3, -0.25) is 14.8 Å². The van der Waals surface area contributed by atoms with Crippen LogP contribution in [0.1, 0.15) is 34.3 Å². The minimum Gasteiger partial charge on any atom is -0.478 e. The zero-order valence-corrected chi connectivity index (χ0v) is 17.2. The molecule has 0 aliphatic heterocycles. The molecule has 2 rings (SSSR count). The number of hydroxylamine groups is 2. The number of nitrogens with zero attached hydrogens (tertiary/aromatic N) is 1. The number of rotatable bonds is 12. The van der Waals surface area contributed by atoms with E-state index >= 15 is 0 Å². The Labute approximate surface area is 181 Å². The second-order valence-electron chi connectivity index (χ2n) is 6.88. The fraction of sp³-hybridized carbons (Fsp3) is 0.261. The number of nitrogens with one attached hydrogen (secondary N) is 2. The van der Waals surface area contributed by atoms with Gasteiger partial charge in [-0.25, -0.2) is 9.86 Å². The number of hydrogen-bond donors (Lipinski definition) is 4. The molecular weight excluding hydrogens is 398 g/mol. The Balaban J connectivity index is 1.60. The summed E-state index contributed by atoms with van der Waals surface area (Å²) < 4.78 is 0. The first-order valence-electron chi connectivity index (χ1n) is 9.99. The molecule has 0 fully saturated rings. The van der Waals surface area contributed by atoms with Gasteiger partial charge in [0.25, 0.3) is 11.8 Å². The van der Waals surface area contributed by atoms with Crippen molar-refractivity contribution in [1.29, 1.82) is 0 Å². The van der Waals surface area contributed by atoms with Crippen molar-refractivity contribution in [2.45, 2.75) is 25.9 Å². The lowest BCUT2D eigenvalue weighted by Crippen LogP contribution is -2.27. The Morgan fingerprint density at radius 3 is 2.16 bits per heavy atom. The van der Waals surface area contributed by atoms with Gasteiger partial charge in [0.2, 0.25) is 0 Å². The molecule has 4 N–H and O–H groups in total. The van der Waals surface area contributed by atoms with E-state index in [1.807, 2.05) is 42.5 Å². The third kappa shape index (κ3) is 9.24. The van der Waals surface area contributed by atoms with E-state index < -0.39 is 11.9 Å². The molecule has 0 radical (unpaired) electrons. The van der Waals surface area contributed by atoms with Crippen LogP contribution in [0.15, 0.2) is 66.7 Å². The van der Waals surface area contributed by atoms with Gasteiger partial charge >= 0.3 is 5.97 Å². The molecule has 0 heterocycles. The Hall–Kier alpha value is -3.49. The van der Waals surface area contributed by atoms with Crippen LogP contribution in [0, 0.1) is 0 Å². The highest BCUT2D eigenvalue weighted by molar-refractivity contribution is 5.94. The first kappa shape index (κ1) is 23.8.